The Morgan fingerprint density at radius 2 is 2.00 bits per heavy atom. The third-order valence-electron chi connectivity index (χ3n) is 3.60. The van der Waals surface area contributed by atoms with Crippen LogP contribution in [0.25, 0.3) is 0 Å². The molecule has 3 nitrogen and oxygen atoms in total. The number of aromatic hydroxyl groups is 1. The topological polar surface area (TPSA) is 55.5 Å². The van der Waals surface area contributed by atoms with Crippen LogP contribution in [0.3, 0.4) is 0 Å². The highest BCUT2D eigenvalue weighted by Gasteiger charge is 2.37. The lowest BCUT2D eigenvalue weighted by atomic mass is 9.76. The molecule has 0 heterocycles. The van der Waals surface area contributed by atoms with Crippen LogP contribution in [0.4, 0.5) is 4.39 Å². The smallest absolute Gasteiger partial charge is 0.168 e. The summed E-state index contributed by atoms with van der Waals surface area (Å²) in [6.45, 7) is 0. The Kier molecular flexibility index (Phi) is 3.82. The van der Waals surface area contributed by atoms with Crippen LogP contribution in [0.1, 0.15) is 37.7 Å². The molecule has 3 N–H and O–H groups in total. The maximum atomic E-state index is 14.3. The van der Waals surface area contributed by atoms with Crippen molar-refractivity contribution in [2.24, 2.45) is 5.73 Å². The largest absolute Gasteiger partial charge is 0.504 e. The molecule has 0 radical (unpaired) electrons. The molecule has 0 unspecified atom stereocenters. The van der Waals surface area contributed by atoms with E-state index in [0.717, 1.165) is 19.3 Å². The second-order valence-electron chi connectivity index (χ2n) is 4.82. The van der Waals surface area contributed by atoms with E-state index in [-0.39, 0.29) is 21.5 Å². The average molecular weight is 318 g/mol. The predicted octanol–water partition coefficient (Wildman–Crippen LogP) is 3.42. The van der Waals surface area contributed by atoms with Gasteiger partial charge in [0.2, 0.25) is 0 Å². The molecule has 0 spiro atoms. The number of hydrogen-bond donors (Lipinski definition) is 2. The van der Waals surface area contributed by atoms with Crippen molar-refractivity contribution in [1.29, 1.82) is 0 Å². The highest BCUT2D eigenvalue weighted by atomic mass is 79.9. The van der Waals surface area contributed by atoms with E-state index in [1.165, 1.54) is 13.2 Å². The summed E-state index contributed by atoms with van der Waals surface area (Å²) in [5.74, 6) is -0.370. The fraction of sp³-hybridized carbons (Fsp3) is 0.538. The van der Waals surface area contributed by atoms with Gasteiger partial charge in [0, 0.05) is 11.6 Å². The van der Waals surface area contributed by atoms with Gasteiger partial charge in [-0.1, -0.05) is 19.3 Å². The fourth-order valence-electron chi connectivity index (χ4n) is 2.68. The number of rotatable bonds is 2. The number of ether oxygens (including phenoxy) is 1. The molecule has 0 bridgehead atoms. The summed E-state index contributed by atoms with van der Waals surface area (Å²) < 4.78 is 19.7. The number of nitrogens with two attached hydrogens (primary N) is 1. The summed E-state index contributed by atoms with van der Waals surface area (Å²) >= 11 is 3.10. The monoisotopic (exact) mass is 317 g/mol. The number of methoxy groups -OCH3 is 1. The first kappa shape index (κ1) is 13.6. The van der Waals surface area contributed by atoms with E-state index >= 15 is 0 Å². The Hall–Kier alpha value is -0.810. The van der Waals surface area contributed by atoms with Crippen LogP contribution in [0.2, 0.25) is 0 Å². The first-order chi connectivity index (χ1) is 8.49. The molecular weight excluding hydrogens is 301 g/mol. The molecule has 1 aliphatic rings. The van der Waals surface area contributed by atoms with Gasteiger partial charge in [0.1, 0.15) is 5.82 Å². The lowest BCUT2D eigenvalue weighted by molar-refractivity contribution is 0.273. The number of phenols is 1. The summed E-state index contributed by atoms with van der Waals surface area (Å²) in [5, 5.41) is 9.86. The first-order valence-corrected chi connectivity index (χ1v) is 6.83. The van der Waals surface area contributed by atoms with E-state index < -0.39 is 11.4 Å². The number of halogens is 2. The van der Waals surface area contributed by atoms with Crippen molar-refractivity contribution < 1.29 is 14.2 Å². The Labute approximate surface area is 114 Å². The molecule has 0 atom stereocenters. The minimum absolute atomic E-state index is 0.0869. The first-order valence-electron chi connectivity index (χ1n) is 6.04. The molecule has 0 saturated heterocycles. The van der Waals surface area contributed by atoms with E-state index in [1.807, 2.05) is 0 Å². The van der Waals surface area contributed by atoms with Gasteiger partial charge in [0.15, 0.2) is 11.5 Å². The minimum atomic E-state index is -0.755. The SMILES string of the molecule is COc1c(O)cc(Br)c(F)c1C1(N)CCCCC1. The second kappa shape index (κ2) is 5.05. The van der Waals surface area contributed by atoms with Crippen LogP contribution >= 0.6 is 15.9 Å². The molecule has 1 aromatic carbocycles. The van der Waals surface area contributed by atoms with Crippen molar-refractivity contribution in [3.05, 3.63) is 21.9 Å². The van der Waals surface area contributed by atoms with Crippen LogP contribution in [-0.2, 0) is 5.54 Å². The zero-order valence-corrected chi connectivity index (χ0v) is 11.9. The third kappa shape index (κ3) is 2.21. The number of benzene rings is 1. The van der Waals surface area contributed by atoms with Crippen LogP contribution in [0.5, 0.6) is 11.5 Å². The third-order valence-corrected chi connectivity index (χ3v) is 4.18. The van der Waals surface area contributed by atoms with Gasteiger partial charge < -0.3 is 15.6 Å². The fourth-order valence-corrected chi connectivity index (χ4v) is 3.10. The Morgan fingerprint density at radius 3 is 2.56 bits per heavy atom. The summed E-state index contributed by atoms with van der Waals surface area (Å²) in [6, 6.07) is 1.30. The molecule has 1 saturated carbocycles. The molecule has 100 valence electrons. The van der Waals surface area contributed by atoms with Crippen molar-refractivity contribution in [2.45, 2.75) is 37.6 Å². The standard InChI is InChI=1S/C13H17BrFNO2/c1-18-12-9(17)7-8(14)11(15)10(12)13(16)5-3-2-4-6-13/h7,17H,2-6,16H2,1H3. The van der Waals surface area contributed by atoms with E-state index in [0.29, 0.717) is 12.8 Å². The van der Waals surface area contributed by atoms with Crippen molar-refractivity contribution in [2.75, 3.05) is 7.11 Å². The van der Waals surface area contributed by atoms with Crippen molar-refractivity contribution >= 4 is 15.9 Å². The molecule has 0 aliphatic heterocycles. The molecule has 5 heteroatoms. The number of hydrogen-bond acceptors (Lipinski definition) is 3. The van der Waals surface area contributed by atoms with Gasteiger partial charge >= 0.3 is 0 Å². The Bertz CT molecular complexity index is 459. The molecule has 0 amide bonds. The Balaban J connectivity index is 2.60. The summed E-state index contributed by atoms with van der Waals surface area (Å²) in [6.07, 6.45) is 4.45. The highest BCUT2D eigenvalue weighted by Crippen LogP contribution is 2.46. The second-order valence-corrected chi connectivity index (χ2v) is 5.67. The van der Waals surface area contributed by atoms with Crippen molar-refractivity contribution in [3.8, 4) is 11.5 Å². The molecule has 0 aromatic heterocycles. The summed E-state index contributed by atoms with van der Waals surface area (Å²) in [4.78, 5) is 0. The van der Waals surface area contributed by atoms with Gasteiger partial charge in [0.25, 0.3) is 0 Å². The molecule has 1 aromatic rings. The van der Waals surface area contributed by atoms with Gasteiger partial charge in [-0.15, -0.1) is 0 Å². The number of phenolic OH excluding ortho intramolecular Hbond substituents is 1. The summed E-state index contributed by atoms with van der Waals surface area (Å²) in [7, 11) is 1.41. The molecule has 1 aliphatic carbocycles. The lowest BCUT2D eigenvalue weighted by Gasteiger charge is -2.35. The van der Waals surface area contributed by atoms with Gasteiger partial charge in [-0.3, -0.25) is 0 Å². The zero-order valence-electron chi connectivity index (χ0n) is 10.3. The van der Waals surface area contributed by atoms with Crippen LogP contribution in [0, 0.1) is 5.82 Å². The average Bonchev–Trinajstić information content (AvgIpc) is 2.34. The van der Waals surface area contributed by atoms with Gasteiger partial charge in [-0.2, -0.15) is 0 Å². The van der Waals surface area contributed by atoms with Gasteiger partial charge in [-0.05, 0) is 28.8 Å². The van der Waals surface area contributed by atoms with Crippen molar-refractivity contribution in [3.63, 3.8) is 0 Å². The van der Waals surface area contributed by atoms with Crippen LogP contribution in [-0.4, -0.2) is 12.2 Å². The van der Waals surface area contributed by atoms with Crippen LogP contribution in [0.15, 0.2) is 10.5 Å². The van der Waals surface area contributed by atoms with Crippen molar-refractivity contribution in [1.82, 2.24) is 0 Å². The van der Waals surface area contributed by atoms with Gasteiger partial charge in [0.05, 0.1) is 17.1 Å². The zero-order chi connectivity index (χ0) is 13.3. The van der Waals surface area contributed by atoms with E-state index in [2.05, 4.69) is 15.9 Å². The maximum Gasteiger partial charge on any atom is 0.168 e. The molecule has 1 fully saturated rings. The predicted molar refractivity (Wildman–Crippen MR) is 71.3 cm³/mol. The van der Waals surface area contributed by atoms with Gasteiger partial charge in [-0.25, -0.2) is 4.39 Å². The molecule has 2 rings (SSSR count). The summed E-state index contributed by atoms with van der Waals surface area (Å²) in [5.41, 5.74) is 5.88. The van der Waals surface area contributed by atoms with E-state index in [9.17, 15) is 9.50 Å². The maximum absolute atomic E-state index is 14.3. The minimum Gasteiger partial charge on any atom is -0.504 e. The molecule has 18 heavy (non-hydrogen) atoms. The Morgan fingerprint density at radius 1 is 1.39 bits per heavy atom. The quantitative estimate of drug-likeness (QED) is 0.878. The molecular formula is C13H17BrFNO2. The lowest BCUT2D eigenvalue weighted by Crippen LogP contribution is -2.40. The van der Waals surface area contributed by atoms with E-state index in [4.69, 9.17) is 10.5 Å². The normalized spacial score (nSPS) is 18.7. The highest BCUT2D eigenvalue weighted by molar-refractivity contribution is 9.10. The van der Waals surface area contributed by atoms with Crippen LogP contribution < -0.4 is 10.5 Å². The van der Waals surface area contributed by atoms with E-state index in [1.54, 1.807) is 0 Å².